The number of amides is 1. The quantitative estimate of drug-likeness (QED) is 0.728. The van der Waals surface area contributed by atoms with Gasteiger partial charge in [0.1, 0.15) is 0 Å². The standard InChI is InChI=1S/C21H32N2OS/c24-21(22-13-16-25-20-7-3-1-4-8-20)19-11-9-18(10-12-19)17-23-14-5-2-6-15-23/h9-12,20H,1-8,13-17H2,(H,22,24). The van der Waals surface area contributed by atoms with Crippen LogP contribution >= 0.6 is 11.8 Å². The van der Waals surface area contributed by atoms with Gasteiger partial charge in [-0.25, -0.2) is 0 Å². The zero-order valence-corrected chi connectivity index (χ0v) is 16.2. The first-order valence-electron chi connectivity index (χ1n) is 10.0. The Morgan fingerprint density at radius 2 is 1.68 bits per heavy atom. The Balaban J connectivity index is 1.36. The molecule has 0 spiro atoms. The molecular formula is C21H32N2OS. The van der Waals surface area contributed by atoms with Gasteiger partial charge in [0.2, 0.25) is 0 Å². The zero-order valence-electron chi connectivity index (χ0n) is 15.3. The summed E-state index contributed by atoms with van der Waals surface area (Å²) in [5.41, 5.74) is 2.09. The summed E-state index contributed by atoms with van der Waals surface area (Å²) in [4.78, 5) is 14.8. The van der Waals surface area contributed by atoms with Crippen LogP contribution in [0.4, 0.5) is 0 Å². The summed E-state index contributed by atoms with van der Waals surface area (Å²) >= 11 is 2.04. The van der Waals surface area contributed by atoms with Crippen LogP contribution in [0.2, 0.25) is 0 Å². The molecule has 1 aliphatic carbocycles. The van der Waals surface area contributed by atoms with Crippen molar-refractivity contribution in [2.45, 2.75) is 63.2 Å². The summed E-state index contributed by atoms with van der Waals surface area (Å²) in [7, 11) is 0. The molecule has 0 atom stereocenters. The molecule has 1 saturated carbocycles. The molecule has 138 valence electrons. The Bertz CT molecular complexity index is 519. The molecule has 0 unspecified atom stereocenters. The number of thioether (sulfide) groups is 1. The van der Waals surface area contributed by atoms with Gasteiger partial charge in [0.05, 0.1) is 0 Å². The normalized spacial score (nSPS) is 19.7. The number of benzene rings is 1. The van der Waals surface area contributed by atoms with Gasteiger partial charge in [0.15, 0.2) is 0 Å². The number of hydrogen-bond acceptors (Lipinski definition) is 3. The number of hydrogen-bond donors (Lipinski definition) is 1. The number of rotatable bonds is 7. The molecule has 1 amide bonds. The minimum Gasteiger partial charge on any atom is -0.351 e. The number of nitrogens with zero attached hydrogens (tertiary/aromatic N) is 1. The molecule has 0 bridgehead atoms. The summed E-state index contributed by atoms with van der Waals surface area (Å²) in [6, 6.07) is 8.17. The lowest BCUT2D eigenvalue weighted by Crippen LogP contribution is -2.29. The second-order valence-electron chi connectivity index (χ2n) is 7.42. The van der Waals surface area contributed by atoms with Gasteiger partial charge in [0.25, 0.3) is 5.91 Å². The van der Waals surface area contributed by atoms with Crippen LogP contribution in [0.1, 0.15) is 67.3 Å². The topological polar surface area (TPSA) is 32.3 Å². The molecule has 0 radical (unpaired) electrons. The number of nitrogens with one attached hydrogen (secondary N) is 1. The van der Waals surface area contributed by atoms with Crippen molar-refractivity contribution in [3.63, 3.8) is 0 Å². The highest BCUT2D eigenvalue weighted by Crippen LogP contribution is 2.27. The SMILES string of the molecule is O=C(NCCSC1CCCCC1)c1ccc(CN2CCCCC2)cc1. The van der Waals surface area contributed by atoms with E-state index in [0.29, 0.717) is 0 Å². The molecular weight excluding hydrogens is 328 g/mol. The van der Waals surface area contributed by atoms with Gasteiger partial charge in [-0.05, 0) is 56.5 Å². The van der Waals surface area contributed by atoms with Gasteiger partial charge in [-0.2, -0.15) is 11.8 Å². The van der Waals surface area contributed by atoms with E-state index in [-0.39, 0.29) is 5.91 Å². The molecule has 1 aromatic rings. The van der Waals surface area contributed by atoms with E-state index in [1.54, 1.807) is 0 Å². The first kappa shape index (κ1) is 18.8. The van der Waals surface area contributed by atoms with Gasteiger partial charge < -0.3 is 5.32 Å². The van der Waals surface area contributed by atoms with Gasteiger partial charge in [-0.15, -0.1) is 0 Å². The maximum absolute atomic E-state index is 12.3. The fraction of sp³-hybridized carbons (Fsp3) is 0.667. The summed E-state index contributed by atoms with van der Waals surface area (Å²) in [6.07, 6.45) is 10.9. The minimum atomic E-state index is 0.0637. The molecule has 25 heavy (non-hydrogen) atoms. The highest BCUT2D eigenvalue weighted by atomic mass is 32.2. The first-order valence-corrected chi connectivity index (χ1v) is 11.1. The fourth-order valence-corrected chi connectivity index (χ4v) is 5.08. The van der Waals surface area contributed by atoms with E-state index in [9.17, 15) is 4.79 Å². The van der Waals surface area contributed by atoms with E-state index in [1.807, 2.05) is 23.9 Å². The van der Waals surface area contributed by atoms with E-state index in [2.05, 4.69) is 22.3 Å². The Kier molecular flexibility index (Phi) is 7.68. The van der Waals surface area contributed by atoms with E-state index in [0.717, 1.165) is 29.7 Å². The van der Waals surface area contributed by atoms with Gasteiger partial charge in [-0.3, -0.25) is 9.69 Å². The lowest BCUT2D eigenvalue weighted by Gasteiger charge is -2.26. The maximum Gasteiger partial charge on any atom is 0.251 e. The van der Waals surface area contributed by atoms with E-state index >= 15 is 0 Å². The van der Waals surface area contributed by atoms with Crippen molar-refractivity contribution in [2.24, 2.45) is 0 Å². The molecule has 2 aliphatic rings. The number of carbonyl (C=O) groups is 1. The van der Waals surface area contributed by atoms with E-state index in [1.165, 1.54) is 70.0 Å². The van der Waals surface area contributed by atoms with Crippen molar-refractivity contribution in [3.05, 3.63) is 35.4 Å². The molecule has 2 fully saturated rings. The Labute approximate surface area is 156 Å². The Morgan fingerprint density at radius 3 is 2.40 bits per heavy atom. The lowest BCUT2D eigenvalue weighted by molar-refractivity contribution is 0.0956. The molecule has 3 rings (SSSR count). The second-order valence-corrected chi connectivity index (χ2v) is 8.83. The fourth-order valence-electron chi connectivity index (χ4n) is 3.86. The van der Waals surface area contributed by atoms with Crippen LogP contribution in [0, 0.1) is 0 Å². The summed E-state index contributed by atoms with van der Waals surface area (Å²) < 4.78 is 0. The van der Waals surface area contributed by atoms with E-state index < -0.39 is 0 Å². The van der Waals surface area contributed by atoms with Crippen molar-refractivity contribution < 1.29 is 4.79 Å². The number of likely N-dealkylation sites (tertiary alicyclic amines) is 1. The van der Waals surface area contributed by atoms with Crippen LogP contribution in [0.5, 0.6) is 0 Å². The van der Waals surface area contributed by atoms with Crippen molar-refractivity contribution in [3.8, 4) is 0 Å². The van der Waals surface area contributed by atoms with Gasteiger partial charge in [0, 0.05) is 29.7 Å². The lowest BCUT2D eigenvalue weighted by atomic mass is 10.0. The molecule has 3 nitrogen and oxygen atoms in total. The second kappa shape index (κ2) is 10.2. The molecule has 1 N–H and O–H groups in total. The summed E-state index contributed by atoms with van der Waals surface area (Å²) in [6.45, 7) is 4.21. The molecule has 1 aromatic carbocycles. The van der Waals surface area contributed by atoms with Gasteiger partial charge in [-0.1, -0.05) is 37.8 Å². The van der Waals surface area contributed by atoms with Crippen LogP contribution < -0.4 is 5.32 Å². The van der Waals surface area contributed by atoms with E-state index in [4.69, 9.17) is 0 Å². The third-order valence-electron chi connectivity index (χ3n) is 5.36. The largest absolute Gasteiger partial charge is 0.351 e. The predicted molar refractivity (Wildman–Crippen MR) is 107 cm³/mol. The monoisotopic (exact) mass is 360 g/mol. The predicted octanol–water partition coefficient (Wildman–Crippen LogP) is 4.47. The molecule has 1 heterocycles. The molecule has 1 saturated heterocycles. The molecule has 4 heteroatoms. The number of carbonyl (C=O) groups excluding carboxylic acids is 1. The smallest absolute Gasteiger partial charge is 0.251 e. The van der Waals surface area contributed by atoms with Gasteiger partial charge >= 0.3 is 0 Å². The maximum atomic E-state index is 12.3. The van der Waals surface area contributed by atoms with Crippen molar-refractivity contribution >= 4 is 17.7 Å². The highest BCUT2D eigenvalue weighted by molar-refractivity contribution is 7.99. The Morgan fingerprint density at radius 1 is 1.00 bits per heavy atom. The van der Waals surface area contributed by atoms with Crippen molar-refractivity contribution in [2.75, 3.05) is 25.4 Å². The minimum absolute atomic E-state index is 0.0637. The van der Waals surface area contributed by atoms with Crippen LogP contribution in [-0.2, 0) is 6.54 Å². The summed E-state index contributed by atoms with van der Waals surface area (Å²) in [5, 5.41) is 3.89. The van der Waals surface area contributed by atoms with Crippen LogP contribution in [0.3, 0.4) is 0 Å². The molecule has 0 aromatic heterocycles. The van der Waals surface area contributed by atoms with Crippen molar-refractivity contribution in [1.29, 1.82) is 0 Å². The first-order chi connectivity index (χ1) is 12.3. The molecule has 1 aliphatic heterocycles. The highest BCUT2D eigenvalue weighted by Gasteiger charge is 2.14. The summed E-state index contributed by atoms with van der Waals surface area (Å²) in [5.74, 6) is 1.09. The third-order valence-corrected chi connectivity index (χ3v) is 6.75. The van der Waals surface area contributed by atoms with Crippen molar-refractivity contribution in [1.82, 2.24) is 10.2 Å². The average Bonchev–Trinajstić information content (AvgIpc) is 2.67. The van der Waals surface area contributed by atoms with Crippen LogP contribution in [-0.4, -0.2) is 41.4 Å². The average molecular weight is 361 g/mol. The Hall–Kier alpha value is -1.00. The van der Waals surface area contributed by atoms with Crippen LogP contribution in [0.25, 0.3) is 0 Å². The number of piperidine rings is 1. The van der Waals surface area contributed by atoms with Crippen LogP contribution in [0.15, 0.2) is 24.3 Å². The zero-order chi connectivity index (χ0) is 17.3. The third kappa shape index (κ3) is 6.34.